The molecule has 0 amide bonds. The largest absolute Gasteiger partial charge is 0.469 e. The molecule has 0 N–H and O–H groups in total. The molecular formula is C18H30O3Si. The average molecular weight is 323 g/mol. The Labute approximate surface area is 136 Å². The highest BCUT2D eigenvalue weighted by Crippen LogP contribution is 2.40. The van der Waals surface area contributed by atoms with Gasteiger partial charge in [-0.25, -0.2) is 0 Å². The first-order chi connectivity index (χ1) is 10.1. The van der Waals surface area contributed by atoms with Crippen molar-refractivity contribution in [2.75, 3.05) is 7.11 Å². The van der Waals surface area contributed by atoms with Gasteiger partial charge in [-0.3, -0.25) is 4.79 Å². The molecule has 0 aromatic heterocycles. The third-order valence-electron chi connectivity index (χ3n) is 4.58. The highest BCUT2D eigenvalue weighted by Gasteiger charge is 2.39. The summed E-state index contributed by atoms with van der Waals surface area (Å²) in [6, 6.07) is 8.35. The van der Waals surface area contributed by atoms with Crippen molar-refractivity contribution in [3.63, 3.8) is 0 Å². The summed E-state index contributed by atoms with van der Waals surface area (Å²) >= 11 is 0. The Morgan fingerprint density at radius 1 is 1.18 bits per heavy atom. The first-order valence-corrected chi connectivity index (χ1v) is 10.8. The molecule has 1 aromatic carbocycles. The van der Waals surface area contributed by atoms with Crippen LogP contribution in [0, 0.1) is 0 Å². The molecule has 0 saturated carbocycles. The summed E-state index contributed by atoms with van der Waals surface area (Å²) in [5.74, 6) is -0.233. The summed E-state index contributed by atoms with van der Waals surface area (Å²) in [6.45, 7) is 13.2. The number of aryl methyl sites for hydroxylation is 1. The van der Waals surface area contributed by atoms with Gasteiger partial charge >= 0.3 is 5.97 Å². The van der Waals surface area contributed by atoms with E-state index < -0.39 is 8.32 Å². The maximum Gasteiger partial charge on any atom is 0.308 e. The lowest BCUT2D eigenvalue weighted by Gasteiger charge is -2.39. The lowest BCUT2D eigenvalue weighted by atomic mass is 10.0. The van der Waals surface area contributed by atoms with Gasteiger partial charge in [0.1, 0.15) is 0 Å². The van der Waals surface area contributed by atoms with Crippen LogP contribution in [0.25, 0.3) is 0 Å². The Morgan fingerprint density at radius 2 is 1.73 bits per heavy atom. The zero-order valence-corrected chi connectivity index (χ0v) is 16.0. The lowest BCUT2D eigenvalue weighted by Crippen LogP contribution is -2.42. The van der Waals surface area contributed by atoms with E-state index in [9.17, 15) is 4.79 Å². The fraction of sp³-hybridized carbons (Fsp3) is 0.611. The number of hydrogen-bond donors (Lipinski definition) is 0. The molecule has 1 unspecified atom stereocenters. The van der Waals surface area contributed by atoms with Gasteiger partial charge in [0.05, 0.1) is 19.6 Å². The van der Waals surface area contributed by atoms with Gasteiger partial charge in [-0.2, -0.15) is 0 Å². The van der Waals surface area contributed by atoms with E-state index in [-0.39, 0.29) is 23.5 Å². The molecule has 0 radical (unpaired) electrons. The number of esters is 1. The van der Waals surface area contributed by atoms with Crippen LogP contribution < -0.4 is 0 Å². The third-order valence-corrected chi connectivity index (χ3v) is 9.07. The molecule has 3 nitrogen and oxygen atoms in total. The van der Waals surface area contributed by atoms with Crippen LogP contribution >= 0.6 is 0 Å². The van der Waals surface area contributed by atoms with Gasteiger partial charge in [0.25, 0.3) is 0 Å². The average Bonchev–Trinajstić information content (AvgIpc) is 2.45. The first-order valence-electron chi connectivity index (χ1n) is 7.94. The van der Waals surface area contributed by atoms with Crippen LogP contribution in [0.3, 0.4) is 0 Å². The predicted octanol–water partition coefficient (Wildman–Crippen LogP) is 4.88. The standard InChI is InChI=1S/C18H30O3Si/c1-8-14-9-11-15(12-10-14)16(13-17(19)20-5)21-22(6,7)18(2,3)4/h9-12,16H,8,13H2,1-7H3. The van der Waals surface area contributed by atoms with E-state index in [0.717, 1.165) is 12.0 Å². The molecule has 0 saturated heterocycles. The smallest absolute Gasteiger partial charge is 0.308 e. The van der Waals surface area contributed by atoms with Crippen molar-refractivity contribution >= 4 is 14.3 Å². The van der Waals surface area contributed by atoms with Gasteiger partial charge in [0, 0.05) is 0 Å². The van der Waals surface area contributed by atoms with Crippen LogP contribution in [-0.4, -0.2) is 21.4 Å². The molecular weight excluding hydrogens is 292 g/mol. The molecule has 1 atom stereocenters. The number of ether oxygens (including phenoxy) is 1. The zero-order valence-electron chi connectivity index (χ0n) is 15.0. The van der Waals surface area contributed by atoms with Crippen LogP contribution in [0.15, 0.2) is 24.3 Å². The van der Waals surface area contributed by atoms with E-state index in [1.165, 1.54) is 12.7 Å². The number of rotatable bonds is 6. The Kier molecular flexibility index (Phi) is 6.38. The second-order valence-corrected chi connectivity index (χ2v) is 12.0. The SMILES string of the molecule is CCc1ccc(C(CC(=O)OC)O[Si](C)(C)C(C)(C)C)cc1. The van der Waals surface area contributed by atoms with Crippen molar-refractivity contribution in [3.05, 3.63) is 35.4 Å². The quantitative estimate of drug-likeness (QED) is 0.553. The van der Waals surface area contributed by atoms with Crippen molar-refractivity contribution < 1.29 is 14.0 Å². The summed E-state index contributed by atoms with van der Waals surface area (Å²) in [6.07, 6.45) is 1.03. The summed E-state index contributed by atoms with van der Waals surface area (Å²) in [4.78, 5) is 11.8. The highest BCUT2D eigenvalue weighted by atomic mass is 28.4. The van der Waals surface area contributed by atoms with Gasteiger partial charge < -0.3 is 9.16 Å². The van der Waals surface area contributed by atoms with Crippen LogP contribution in [-0.2, 0) is 20.4 Å². The van der Waals surface area contributed by atoms with Gasteiger partial charge in [0.15, 0.2) is 8.32 Å². The minimum Gasteiger partial charge on any atom is -0.469 e. The van der Waals surface area contributed by atoms with Crippen molar-refractivity contribution in [2.24, 2.45) is 0 Å². The number of hydrogen-bond acceptors (Lipinski definition) is 3. The minimum atomic E-state index is -1.96. The van der Waals surface area contributed by atoms with E-state index in [2.05, 4.69) is 65.1 Å². The summed E-state index contributed by atoms with van der Waals surface area (Å²) in [7, 11) is -0.538. The van der Waals surface area contributed by atoms with E-state index in [1.807, 2.05) is 0 Å². The van der Waals surface area contributed by atoms with Crippen molar-refractivity contribution in [1.29, 1.82) is 0 Å². The Bertz CT molecular complexity index is 486. The molecule has 0 spiro atoms. The molecule has 0 fully saturated rings. The zero-order chi connectivity index (χ0) is 17.0. The van der Waals surface area contributed by atoms with E-state index in [4.69, 9.17) is 9.16 Å². The van der Waals surface area contributed by atoms with Crippen molar-refractivity contribution in [2.45, 2.75) is 64.8 Å². The van der Waals surface area contributed by atoms with Gasteiger partial charge in [-0.05, 0) is 35.7 Å². The molecule has 1 rings (SSSR count). The number of carbonyl (C=O) groups is 1. The second-order valence-electron chi connectivity index (χ2n) is 7.24. The second kappa shape index (κ2) is 7.42. The maximum atomic E-state index is 11.8. The molecule has 0 aliphatic rings. The Morgan fingerprint density at radius 3 is 2.14 bits per heavy atom. The van der Waals surface area contributed by atoms with Crippen LogP contribution in [0.5, 0.6) is 0 Å². The van der Waals surface area contributed by atoms with Gasteiger partial charge in [-0.15, -0.1) is 0 Å². The minimum absolute atomic E-state index is 0.102. The highest BCUT2D eigenvalue weighted by molar-refractivity contribution is 6.74. The topological polar surface area (TPSA) is 35.5 Å². The Hall–Kier alpha value is -1.13. The van der Waals surface area contributed by atoms with Crippen LogP contribution in [0.1, 0.15) is 51.3 Å². The van der Waals surface area contributed by atoms with E-state index in [0.29, 0.717) is 0 Å². The van der Waals surface area contributed by atoms with Gasteiger partial charge in [0.2, 0.25) is 0 Å². The number of methoxy groups -OCH3 is 1. The van der Waals surface area contributed by atoms with E-state index in [1.54, 1.807) is 0 Å². The fourth-order valence-electron chi connectivity index (χ4n) is 1.96. The molecule has 124 valence electrons. The number of carbonyl (C=O) groups excluding carboxylic acids is 1. The fourth-order valence-corrected chi connectivity index (χ4v) is 3.25. The molecule has 0 heterocycles. The summed E-state index contributed by atoms with van der Waals surface area (Å²) in [5.41, 5.74) is 2.33. The molecule has 0 aliphatic heterocycles. The maximum absolute atomic E-state index is 11.8. The van der Waals surface area contributed by atoms with E-state index >= 15 is 0 Å². The molecule has 22 heavy (non-hydrogen) atoms. The summed E-state index contributed by atoms with van der Waals surface area (Å²) in [5, 5.41) is 0.102. The monoisotopic (exact) mass is 322 g/mol. The van der Waals surface area contributed by atoms with Crippen molar-refractivity contribution in [1.82, 2.24) is 0 Å². The van der Waals surface area contributed by atoms with Crippen LogP contribution in [0.2, 0.25) is 18.1 Å². The predicted molar refractivity (Wildman–Crippen MR) is 93.5 cm³/mol. The lowest BCUT2D eigenvalue weighted by molar-refractivity contribution is -0.142. The molecule has 0 bridgehead atoms. The number of benzene rings is 1. The summed E-state index contributed by atoms with van der Waals surface area (Å²) < 4.78 is 11.3. The van der Waals surface area contributed by atoms with Crippen LogP contribution in [0.4, 0.5) is 0 Å². The third kappa shape index (κ3) is 4.95. The Balaban J connectivity index is 3.04. The molecule has 4 heteroatoms. The molecule has 1 aromatic rings. The molecule has 0 aliphatic carbocycles. The van der Waals surface area contributed by atoms with Gasteiger partial charge in [-0.1, -0.05) is 52.0 Å². The first kappa shape index (κ1) is 18.9. The van der Waals surface area contributed by atoms with Crippen molar-refractivity contribution in [3.8, 4) is 0 Å². The normalized spacial score (nSPS) is 13.8.